The van der Waals surface area contributed by atoms with Crippen molar-refractivity contribution in [3.8, 4) is 0 Å². The number of hydrogen-bond donors (Lipinski definition) is 1. The zero-order valence-electron chi connectivity index (χ0n) is 8.43. The second-order valence-corrected chi connectivity index (χ2v) is 3.02. The number of benzene rings is 1. The van der Waals surface area contributed by atoms with E-state index in [0.717, 1.165) is 12.1 Å². The molecule has 0 atom stereocenters. The molecule has 7 heteroatoms. The van der Waals surface area contributed by atoms with Gasteiger partial charge in [-0.3, -0.25) is 4.79 Å². The Labute approximate surface area is 128 Å². The average Bonchev–Trinajstić information content (AvgIpc) is 2.07. The van der Waals surface area contributed by atoms with E-state index in [0.29, 0.717) is 11.8 Å². The molecular weight excluding hydrogens is 233 g/mol. The van der Waals surface area contributed by atoms with Crippen LogP contribution in [-0.2, 0) is 0 Å². The topological polar surface area (TPSA) is 43.1 Å². The van der Waals surface area contributed by atoms with Gasteiger partial charge < -0.3 is 18.7 Å². The van der Waals surface area contributed by atoms with E-state index in [2.05, 4.69) is 0 Å². The van der Waals surface area contributed by atoms with Crippen LogP contribution in [0.4, 0.5) is 18.6 Å². The third kappa shape index (κ3) is 3.60. The van der Waals surface area contributed by atoms with Gasteiger partial charge in [0.1, 0.15) is 6.29 Å². The van der Waals surface area contributed by atoms with Gasteiger partial charge in [-0.25, -0.2) is 0 Å². The van der Waals surface area contributed by atoms with Crippen LogP contribution in [0, 0.1) is 6.92 Å². The first-order chi connectivity index (χ1) is 6.36. The van der Waals surface area contributed by atoms with Crippen molar-refractivity contribution >= 4 is 24.4 Å². The van der Waals surface area contributed by atoms with E-state index in [-0.39, 0.29) is 62.6 Å². The van der Waals surface area contributed by atoms with E-state index in [1.165, 1.54) is 6.92 Å². The van der Waals surface area contributed by atoms with Crippen LogP contribution < -0.4 is 62.6 Å². The summed E-state index contributed by atoms with van der Waals surface area (Å²) in [6, 6.07) is 1.67. The van der Waals surface area contributed by atoms with E-state index >= 15 is 0 Å². The van der Waals surface area contributed by atoms with Gasteiger partial charge in [0.2, 0.25) is 0 Å². The summed E-state index contributed by atoms with van der Waals surface area (Å²) in [5, 5.41) is 0. The van der Waals surface area contributed by atoms with Crippen molar-refractivity contribution in [2.75, 3.05) is 5.73 Å². The number of anilines is 1. The monoisotopic (exact) mass is 241 g/mol. The zero-order chi connectivity index (χ0) is 10.9. The van der Waals surface area contributed by atoms with Crippen LogP contribution in [0.5, 0.6) is 0 Å². The van der Waals surface area contributed by atoms with Gasteiger partial charge in [0, 0.05) is 11.3 Å². The average molecular weight is 241 g/mol. The number of carbonyl (C=O) groups is 1. The Balaban J connectivity index is 0.00000196. The molecule has 0 radical (unpaired) electrons. The van der Waals surface area contributed by atoms with Gasteiger partial charge in [0.15, 0.2) is 0 Å². The first-order valence-electron chi connectivity index (χ1n) is 3.91. The molecule has 0 heterocycles. The number of carbonyl (C=O) groups excluding carboxylic acids is 1. The van der Waals surface area contributed by atoms with E-state index < -0.39 is 12.4 Å². The van der Waals surface area contributed by atoms with E-state index in [1.807, 2.05) is 0 Å². The molecule has 15 heavy (non-hydrogen) atoms. The van der Waals surface area contributed by atoms with Crippen molar-refractivity contribution in [1.82, 2.24) is 0 Å². The molecule has 0 unspecified atom stereocenters. The molecule has 0 saturated heterocycles. The molecule has 76 valence electrons. The number of hydrogen-bond acceptors (Lipinski definition) is 2. The molecule has 0 spiro atoms. The van der Waals surface area contributed by atoms with Crippen molar-refractivity contribution in [1.29, 1.82) is 0 Å². The minimum atomic E-state index is -5.10. The van der Waals surface area contributed by atoms with E-state index in [1.54, 1.807) is 0 Å². The Bertz CT molecular complexity index is 381. The summed E-state index contributed by atoms with van der Waals surface area (Å²) in [4.78, 5) is 10.4. The molecule has 1 aromatic carbocycles. The second kappa shape index (κ2) is 5.49. The van der Waals surface area contributed by atoms with Crippen LogP contribution in [0.25, 0.3) is 0 Å². The summed E-state index contributed by atoms with van der Waals surface area (Å²) >= 11 is 0. The fraction of sp³-hybridized carbons (Fsp3) is 0.125. The Morgan fingerprint density at radius 1 is 1.33 bits per heavy atom. The molecule has 1 rings (SSSR count). The predicted octanol–water partition coefficient (Wildman–Crippen LogP) is -1.55. The summed E-state index contributed by atoms with van der Waals surface area (Å²) in [7, 11) is 0. The van der Waals surface area contributed by atoms with Crippen LogP contribution in [0.1, 0.15) is 15.9 Å². The van der Waals surface area contributed by atoms with Gasteiger partial charge in [-0.1, -0.05) is 12.1 Å². The first kappa shape index (κ1) is 15.2. The Hall–Kier alpha value is 0.181. The quantitative estimate of drug-likeness (QED) is 0.387. The summed E-state index contributed by atoms with van der Waals surface area (Å²) in [5.41, 5.74) is 4.86. The van der Waals surface area contributed by atoms with Crippen LogP contribution in [0.3, 0.4) is 0 Å². The number of halogens is 3. The predicted molar refractivity (Wildman–Crippen MR) is 49.7 cm³/mol. The van der Waals surface area contributed by atoms with Gasteiger partial charge >= 0.3 is 58.4 Å². The molecule has 0 amide bonds. The Morgan fingerprint density at radius 3 is 2.27 bits per heavy atom. The zero-order valence-corrected chi connectivity index (χ0v) is 11.6. The number of nitrogen functional groups attached to an aromatic ring is 1. The van der Waals surface area contributed by atoms with Gasteiger partial charge in [0.25, 0.3) is 0 Å². The minimum Gasteiger partial charge on any atom is -0.445 e. The van der Waals surface area contributed by atoms with Crippen molar-refractivity contribution in [2.24, 2.45) is 0 Å². The first-order valence-corrected chi connectivity index (χ1v) is 3.91. The summed E-state index contributed by atoms with van der Waals surface area (Å²) in [6.07, 6.45) is 0.372. The van der Waals surface area contributed by atoms with Gasteiger partial charge in [-0.2, -0.15) is 0 Å². The van der Waals surface area contributed by atoms with Crippen molar-refractivity contribution in [3.05, 3.63) is 23.3 Å². The summed E-state index contributed by atoms with van der Waals surface area (Å²) < 4.78 is 36.9. The summed E-state index contributed by atoms with van der Waals surface area (Å²) in [6.45, 7) is -3.60. The van der Waals surface area contributed by atoms with E-state index in [4.69, 9.17) is 5.73 Å². The van der Waals surface area contributed by atoms with Crippen molar-refractivity contribution < 1.29 is 69.1 Å². The maximum Gasteiger partial charge on any atom is 1.00 e. The SMILES string of the molecule is Cc1c(N)cc([B-](F)(F)F)cc1C=O.[K+]. The van der Waals surface area contributed by atoms with Crippen LogP contribution in [-0.4, -0.2) is 13.3 Å². The van der Waals surface area contributed by atoms with Crippen molar-refractivity contribution in [3.63, 3.8) is 0 Å². The maximum atomic E-state index is 12.3. The molecule has 2 N–H and O–H groups in total. The van der Waals surface area contributed by atoms with E-state index in [9.17, 15) is 17.7 Å². The molecule has 0 aromatic heterocycles. The third-order valence-electron chi connectivity index (χ3n) is 2.02. The van der Waals surface area contributed by atoms with Crippen LogP contribution in [0.2, 0.25) is 0 Å². The smallest absolute Gasteiger partial charge is 0.445 e. The molecule has 0 aliphatic heterocycles. The number of rotatable bonds is 2. The van der Waals surface area contributed by atoms with Crippen molar-refractivity contribution in [2.45, 2.75) is 6.92 Å². The molecular formula is C8H8BF3KNO. The standard InChI is InChI=1S/C8H8BF3NO.K/c1-5-6(4-14)2-7(3-8(5)13)9(10,11)12;/h2-4H,13H2,1H3;/q-1;+1. The van der Waals surface area contributed by atoms with Gasteiger partial charge in [-0.05, 0) is 12.5 Å². The summed E-state index contributed by atoms with van der Waals surface area (Å²) in [5.74, 6) is 0. The molecule has 0 saturated carbocycles. The maximum absolute atomic E-state index is 12.3. The Kier molecular flexibility index (Phi) is 5.56. The molecule has 1 aromatic rings. The second-order valence-electron chi connectivity index (χ2n) is 3.02. The normalized spacial score (nSPS) is 10.7. The Morgan fingerprint density at radius 2 is 1.87 bits per heavy atom. The van der Waals surface area contributed by atoms with Gasteiger partial charge in [-0.15, -0.1) is 5.46 Å². The third-order valence-corrected chi connectivity index (χ3v) is 2.02. The minimum absolute atomic E-state index is 0. The number of aldehydes is 1. The molecule has 0 aliphatic rings. The van der Waals surface area contributed by atoms with Gasteiger partial charge in [0.05, 0.1) is 0 Å². The molecule has 0 bridgehead atoms. The fourth-order valence-corrected chi connectivity index (χ4v) is 1.10. The largest absolute Gasteiger partial charge is 1.00 e. The fourth-order valence-electron chi connectivity index (χ4n) is 1.10. The van der Waals surface area contributed by atoms with Crippen LogP contribution >= 0.6 is 0 Å². The molecule has 0 fully saturated rings. The number of nitrogens with two attached hydrogens (primary N) is 1. The molecule has 2 nitrogen and oxygen atoms in total. The van der Waals surface area contributed by atoms with Crippen LogP contribution in [0.15, 0.2) is 12.1 Å². The molecule has 0 aliphatic carbocycles.